The zero-order valence-corrected chi connectivity index (χ0v) is 11.9. The van der Waals surface area contributed by atoms with Gasteiger partial charge in [0.25, 0.3) is 0 Å². The summed E-state index contributed by atoms with van der Waals surface area (Å²) in [5, 5.41) is 0. The molecule has 1 aromatic rings. The average Bonchev–Trinajstić information content (AvgIpc) is 2.24. The van der Waals surface area contributed by atoms with Crippen LogP contribution in [0.25, 0.3) is 0 Å². The van der Waals surface area contributed by atoms with Crippen molar-refractivity contribution < 1.29 is 8.42 Å². The highest BCUT2D eigenvalue weighted by Gasteiger charge is 2.16. The summed E-state index contributed by atoms with van der Waals surface area (Å²) in [4.78, 5) is 0.410. The number of benzene rings is 1. The van der Waals surface area contributed by atoms with E-state index in [-0.39, 0.29) is 5.75 Å². The summed E-state index contributed by atoms with van der Waals surface area (Å²) in [6.07, 6.45) is 0.699. The van der Waals surface area contributed by atoms with Crippen LogP contribution < -0.4 is 5.73 Å². The molecule has 1 aromatic carbocycles. The van der Waals surface area contributed by atoms with E-state index >= 15 is 0 Å². The number of hydrogen-bond donors (Lipinski definition) is 1. The summed E-state index contributed by atoms with van der Waals surface area (Å²) < 4.78 is 24.2. The van der Waals surface area contributed by atoms with Gasteiger partial charge in [0.15, 0.2) is 9.84 Å². The van der Waals surface area contributed by atoms with E-state index in [1.807, 2.05) is 0 Å². The smallest absolute Gasteiger partial charge is 0.178 e. The molecule has 0 fully saturated rings. The first-order valence-electron chi connectivity index (χ1n) is 5.64. The second-order valence-electron chi connectivity index (χ2n) is 3.89. The Kier molecular flexibility index (Phi) is 5.33. The van der Waals surface area contributed by atoms with Crippen molar-refractivity contribution in [2.24, 2.45) is 0 Å². The molecule has 0 saturated heterocycles. The first kappa shape index (κ1) is 14.4. The highest BCUT2D eigenvalue weighted by molar-refractivity contribution is 7.99. The lowest BCUT2D eigenvalue weighted by Gasteiger charge is -2.08. The van der Waals surface area contributed by atoms with Crippen molar-refractivity contribution in [2.45, 2.75) is 25.2 Å². The standard InChI is InChI=1S/C12H19NO2S2/c1-3-16-7-4-8-17(14,15)12-6-5-11(13)9-10(12)2/h5-6,9H,3-4,7-8,13H2,1-2H3. The minimum absolute atomic E-state index is 0.213. The molecule has 0 atom stereocenters. The second kappa shape index (κ2) is 6.31. The maximum atomic E-state index is 12.1. The number of nitrogens with two attached hydrogens (primary N) is 1. The summed E-state index contributed by atoms with van der Waals surface area (Å²) >= 11 is 1.77. The maximum absolute atomic E-state index is 12.1. The van der Waals surface area contributed by atoms with Crippen molar-refractivity contribution in [1.82, 2.24) is 0 Å². The number of anilines is 1. The Labute approximate surface area is 108 Å². The van der Waals surface area contributed by atoms with E-state index in [0.717, 1.165) is 17.1 Å². The predicted octanol–water partition coefficient (Wildman–Crippen LogP) is 2.49. The molecule has 0 aliphatic heterocycles. The third-order valence-electron chi connectivity index (χ3n) is 2.44. The molecular weight excluding hydrogens is 254 g/mol. The van der Waals surface area contributed by atoms with Crippen LogP contribution in [-0.4, -0.2) is 25.7 Å². The highest BCUT2D eigenvalue weighted by atomic mass is 32.2. The molecule has 0 aliphatic carbocycles. The zero-order chi connectivity index (χ0) is 12.9. The fourth-order valence-corrected chi connectivity index (χ4v) is 4.02. The van der Waals surface area contributed by atoms with Crippen LogP contribution in [0.2, 0.25) is 0 Å². The Morgan fingerprint density at radius 1 is 1.35 bits per heavy atom. The second-order valence-corrected chi connectivity index (χ2v) is 7.37. The van der Waals surface area contributed by atoms with Crippen molar-refractivity contribution in [2.75, 3.05) is 23.0 Å². The van der Waals surface area contributed by atoms with Gasteiger partial charge in [-0.05, 0) is 48.6 Å². The van der Waals surface area contributed by atoms with Crippen molar-refractivity contribution in [3.8, 4) is 0 Å². The van der Waals surface area contributed by atoms with Crippen molar-refractivity contribution in [3.05, 3.63) is 23.8 Å². The molecule has 0 amide bonds. The molecule has 0 unspecified atom stereocenters. The third kappa shape index (κ3) is 4.24. The molecule has 0 aliphatic rings. The molecule has 0 radical (unpaired) electrons. The van der Waals surface area contributed by atoms with Crippen LogP contribution >= 0.6 is 11.8 Å². The van der Waals surface area contributed by atoms with Gasteiger partial charge in [-0.25, -0.2) is 8.42 Å². The molecule has 0 spiro atoms. The summed E-state index contributed by atoms with van der Waals surface area (Å²) in [7, 11) is -3.16. The van der Waals surface area contributed by atoms with E-state index in [2.05, 4.69) is 6.92 Å². The van der Waals surface area contributed by atoms with Crippen molar-refractivity contribution in [1.29, 1.82) is 0 Å². The molecule has 5 heteroatoms. The number of aryl methyl sites for hydroxylation is 1. The van der Waals surface area contributed by atoms with Gasteiger partial charge in [0.05, 0.1) is 10.6 Å². The Morgan fingerprint density at radius 3 is 2.65 bits per heavy atom. The lowest BCUT2D eigenvalue weighted by Crippen LogP contribution is -2.09. The molecule has 3 nitrogen and oxygen atoms in total. The number of hydrogen-bond acceptors (Lipinski definition) is 4. The van der Waals surface area contributed by atoms with E-state index in [4.69, 9.17) is 5.73 Å². The molecule has 0 saturated carbocycles. The van der Waals surface area contributed by atoms with E-state index < -0.39 is 9.84 Å². The van der Waals surface area contributed by atoms with Crippen LogP contribution in [0.1, 0.15) is 18.9 Å². The van der Waals surface area contributed by atoms with Crippen LogP contribution in [-0.2, 0) is 9.84 Å². The molecule has 2 N–H and O–H groups in total. The van der Waals surface area contributed by atoms with Crippen molar-refractivity contribution >= 4 is 27.3 Å². The van der Waals surface area contributed by atoms with Gasteiger partial charge in [0.2, 0.25) is 0 Å². The Balaban J connectivity index is 2.76. The molecule has 17 heavy (non-hydrogen) atoms. The first-order valence-corrected chi connectivity index (χ1v) is 8.44. The summed E-state index contributed by atoms with van der Waals surface area (Å²) in [5.74, 6) is 2.13. The van der Waals surface area contributed by atoms with Crippen LogP contribution in [0.15, 0.2) is 23.1 Å². The largest absolute Gasteiger partial charge is 0.399 e. The van der Waals surface area contributed by atoms with Gasteiger partial charge in [-0.1, -0.05) is 6.92 Å². The van der Waals surface area contributed by atoms with Gasteiger partial charge in [-0.15, -0.1) is 0 Å². The fourth-order valence-electron chi connectivity index (χ4n) is 1.63. The van der Waals surface area contributed by atoms with Gasteiger partial charge in [-0.2, -0.15) is 11.8 Å². The van der Waals surface area contributed by atoms with Gasteiger partial charge in [0, 0.05) is 5.69 Å². The molecule has 0 bridgehead atoms. The number of thioether (sulfide) groups is 1. The number of nitrogen functional groups attached to an aromatic ring is 1. The number of sulfone groups is 1. The lowest BCUT2D eigenvalue weighted by molar-refractivity contribution is 0.594. The normalized spacial score (nSPS) is 11.6. The molecule has 1 rings (SSSR count). The maximum Gasteiger partial charge on any atom is 0.178 e. The third-order valence-corrected chi connectivity index (χ3v) is 5.38. The quantitative estimate of drug-likeness (QED) is 0.639. The summed E-state index contributed by atoms with van der Waals surface area (Å²) in [5.41, 5.74) is 6.94. The molecular formula is C12H19NO2S2. The van der Waals surface area contributed by atoms with Gasteiger partial charge >= 0.3 is 0 Å². The number of rotatable bonds is 6. The van der Waals surface area contributed by atoms with E-state index in [0.29, 0.717) is 17.0 Å². The minimum atomic E-state index is -3.16. The van der Waals surface area contributed by atoms with E-state index in [9.17, 15) is 8.42 Å². The zero-order valence-electron chi connectivity index (χ0n) is 10.3. The SMILES string of the molecule is CCSCCCS(=O)(=O)c1ccc(N)cc1C. The van der Waals surface area contributed by atoms with Crippen LogP contribution in [0.5, 0.6) is 0 Å². The molecule has 0 heterocycles. The Morgan fingerprint density at radius 2 is 2.06 bits per heavy atom. The van der Waals surface area contributed by atoms with Crippen LogP contribution in [0.4, 0.5) is 5.69 Å². The average molecular weight is 273 g/mol. The lowest BCUT2D eigenvalue weighted by atomic mass is 10.2. The molecule has 0 aromatic heterocycles. The van der Waals surface area contributed by atoms with E-state index in [1.165, 1.54) is 0 Å². The Bertz CT molecular complexity index is 469. The van der Waals surface area contributed by atoms with Gasteiger partial charge in [0.1, 0.15) is 0 Å². The molecule has 96 valence electrons. The van der Waals surface area contributed by atoms with Crippen LogP contribution in [0, 0.1) is 6.92 Å². The highest BCUT2D eigenvalue weighted by Crippen LogP contribution is 2.20. The Hall–Kier alpha value is -0.680. The van der Waals surface area contributed by atoms with Gasteiger partial charge < -0.3 is 5.73 Å². The van der Waals surface area contributed by atoms with Gasteiger partial charge in [-0.3, -0.25) is 0 Å². The minimum Gasteiger partial charge on any atom is -0.399 e. The topological polar surface area (TPSA) is 60.2 Å². The summed E-state index contributed by atoms with van der Waals surface area (Å²) in [6, 6.07) is 4.95. The van der Waals surface area contributed by atoms with Crippen LogP contribution in [0.3, 0.4) is 0 Å². The fraction of sp³-hybridized carbons (Fsp3) is 0.500. The monoisotopic (exact) mass is 273 g/mol. The van der Waals surface area contributed by atoms with E-state index in [1.54, 1.807) is 36.9 Å². The predicted molar refractivity (Wildman–Crippen MR) is 75.3 cm³/mol. The first-order chi connectivity index (χ1) is 7.97. The summed E-state index contributed by atoms with van der Waals surface area (Å²) in [6.45, 7) is 3.85. The van der Waals surface area contributed by atoms with Crippen molar-refractivity contribution in [3.63, 3.8) is 0 Å².